The summed E-state index contributed by atoms with van der Waals surface area (Å²) in [6.07, 6.45) is 4.88. The lowest BCUT2D eigenvalue weighted by molar-refractivity contribution is -0.184. The van der Waals surface area contributed by atoms with Crippen LogP contribution in [0, 0.1) is 11.8 Å². The first kappa shape index (κ1) is 20.4. The van der Waals surface area contributed by atoms with Gasteiger partial charge in [0.15, 0.2) is 0 Å². The van der Waals surface area contributed by atoms with Gasteiger partial charge in [0.1, 0.15) is 6.10 Å². The van der Waals surface area contributed by atoms with Gasteiger partial charge >= 0.3 is 5.97 Å². The number of hydrogen-bond acceptors (Lipinski definition) is 5. The highest BCUT2D eigenvalue weighted by atomic mass is 16.6. The number of ether oxygens (including phenoxy) is 1. The number of allylic oxidation sites excluding steroid dienone is 1. The van der Waals surface area contributed by atoms with Gasteiger partial charge in [-0.25, -0.2) is 0 Å². The molecule has 2 bridgehead atoms. The maximum absolute atomic E-state index is 12.2. The largest absolute Gasteiger partial charge is 0.459 e. The normalized spacial score (nSPS) is 46.5. The van der Waals surface area contributed by atoms with Gasteiger partial charge in [-0.2, -0.15) is 0 Å². The molecule has 0 saturated carbocycles. The van der Waals surface area contributed by atoms with Crippen molar-refractivity contribution < 1.29 is 24.9 Å². The summed E-state index contributed by atoms with van der Waals surface area (Å²) in [6.45, 7) is 7.27. The molecule has 1 heterocycles. The summed E-state index contributed by atoms with van der Waals surface area (Å²) in [5, 5.41) is 31.7. The molecule has 0 radical (unpaired) electrons. The van der Waals surface area contributed by atoms with Gasteiger partial charge in [-0.3, -0.25) is 4.79 Å². The molecule has 6 atom stereocenters. The van der Waals surface area contributed by atoms with Crippen LogP contribution in [-0.4, -0.2) is 44.7 Å². The maximum Gasteiger partial charge on any atom is 0.309 e. The van der Waals surface area contributed by atoms with Crippen molar-refractivity contribution in [2.24, 2.45) is 11.8 Å². The predicted molar refractivity (Wildman–Crippen MR) is 95.9 cm³/mol. The number of aliphatic hydroxyl groups excluding tert-OH is 1. The van der Waals surface area contributed by atoms with Gasteiger partial charge in [0.25, 0.3) is 0 Å². The van der Waals surface area contributed by atoms with Crippen LogP contribution in [-0.2, 0) is 9.53 Å². The van der Waals surface area contributed by atoms with Crippen molar-refractivity contribution in [3.05, 3.63) is 11.6 Å². The first-order valence-corrected chi connectivity index (χ1v) is 9.52. The van der Waals surface area contributed by atoms with E-state index in [2.05, 4.69) is 0 Å². The molecule has 3 N–H and O–H groups in total. The summed E-state index contributed by atoms with van der Waals surface area (Å²) in [6, 6.07) is 0. The van der Waals surface area contributed by atoms with E-state index in [4.69, 9.17) is 4.74 Å². The molecule has 0 amide bonds. The third-order valence-electron chi connectivity index (χ3n) is 6.17. The van der Waals surface area contributed by atoms with E-state index in [1.54, 1.807) is 13.8 Å². The van der Waals surface area contributed by atoms with Crippen molar-refractivity contribution in [1.29, 1.82) is 0 Å². The summed E-state index contributed by atoms with van der Waals surface area (Å²) >= 11 is 0. The highest BCUT2D eigenvalue weighted by Crippen LogP contribution is 2.37. The van der Waals surface area contributed by atoms with E-state index in [9.17, 15) is 20.1 Å². The van der Waals surface area contributed by atoms with E-state index in [-0.39, 0.29) is 17.8 Å². The molecule has 0 aromatic rings. The Balaban J connectivity index is 2.24. The molecule has 0 aromatic carbocycles. The Kier molecular flexibility index (Phi) is 6.34. The fourth-order valence-electron chi connectivity index (χ4n) is 3.91. The number of carbonyl (C=O) groups is 1. The molecule has 25 heavy (non-hydrogen) atoms. The quantitative estimate of drug-likeness (QED) is 0.460. The second kappa shape index (κ2) is 7.77. The minimum absolute atomic E-state index is 0.103. The molecule has 0 unspecified atom stereocenters. The third-order valence-corrected chi connectivity index (χ3v) is 6.17. The van der Waals surface area contributed by atoms with Crippen LogP contribution in [0.5, 0.6) is 0 Å². The minimum Gasteiger partial charge on any atom is -0.459 e. The number of hydrogen-bond donors (Lipinski definition) is 3. The van der Waals surface area contributed by atoms with E-state index in [1.807, 2.05) is 19.9 Å². The van der Waals surface area contributed by atoms with Crippen molar-refractivity contribution in [3.63, 3.8) is 0 Å². The first-order valence-electron chi connectivity index (χ1n) is 9.52. The van der Waals surface area contributed by atoms with Crippen LogP contribution in [0.15, 0.2) is 11.6 Å². The van der Waals surface area contributed by atoms with Gasteiger partial charge in [-0.05, 0) is 77.2 Å². The molecule has 0 aromatic heterocycles. The van der Waals surface area contributed by atoms with E-state index in [0.717, 1.165) is 5.57 Å². The Bertz CT molecular complexity index is 508. The van der Waals surface area contributed by atoms with E-state index in [0.29, 0.717) is 44.9 Å². The average molecular weight is 354 g/mol. The first-order chi connectivity index (χ1) is 11.5. The van der Waals surface area contributed by atoms with Crippen molar-refractivity contribution in [1.82, 2.24) is 0 Å². The minimum atomic E-state index is -1.09. The molecule has 0 spiro atoms. The van der Waals surface area contributed by atoms with Crippen LogP contribution in [0.3, 0.4) is 0 Å². The molecule has 5 nitrogen and oxygen atoms in total. The molecular formula is C20H34O5. The predicted octanol–water partition coefficient (Wildman–Crippen LogP) is 2.72. The van der Waals surface area contributed by atoms with E-state index in [1.165, 1.54) is 0 Å². The topological polar surface area (TPSA) is 87.0 Å². The fourth-order valence-corrected chi connectivity index (χ4v) is 3.91. The lowest BCUT2D eigenvalue weighted by Gasteiger charge is -2.41. The second-order valence-electron chi connectivity index (χ2n) is 8.66. The summed E-state index contributed by atoms with van der Waals surface area (Å²) in [4.78, 5) is 12.2. The highest BCUT2D eigenvalue weighted by molar-refractivity contribution is 5.73. The van der Waals surface area contributed by atoms with Crippen LogP contribution in [0.1, 0.15) is 72.6 Å². The van der Waals surface area contributed by atoms with Gasteiger partial charge in [-0.15, -0.1) is 0 Å². The van der Waals surface area contributed by atoms with Crippen LogP contribution in [0.2, 0.25) is 0 Å². The van der Waals surface area contributed by atoms with Crippen molar-refractivity contribution in [2.75, 3.05) is 0 Å². The van der Waals surface area contributed by atoms with Crippen molar-refractivity contribution >= 4 is 5.97 Å². The number of fused-ring (bicyclic) bond motifs is 2. The second-order valence-corrected chi connectivity index (χ2v) is 8.66. The molecule has 2 rings (SSSR count). The SMILES string of the molecule is C/C1=C\C[C@@H]2C[C@@H](OC(=O)[C@H]2C)[C@](C)(O)CCC[C@@](C)(O)CC[C@@H]1O. The van der Waals surface area contributed by atoms with Crippen LogP contribution < -0.4 is 0 Å². The summed E-state index contributed by atoms with van der Waals surface area (Å²) in [5.41, 5.74) is -1.09. The smallest absolute Gasteiger partial charge is 0.309 e. The summed E-state index contributed by atoms with van der Waals surface area (Å²) in [5.74, 6) is -0.361. The Labute approximate surface area is 151 Å². The Morgan fingerprint density at radius 3 is 2.56 bits per heavy atom. The van der Waals surface area contributed by atoms with Gasteiger partial charge in [0.2, 0.25) is 0 Å². The third kappa shape index (κ3) is 5.28. The molecule has 144 valence electrons. The molecule has 2 aliphatic rings. The number of aliphatic hydroxyl groups is 3. The van der Waals surface area contributed by atoms with Crippen molar-refractivity contribution in [3.8, 4) is 0 Å². The average Bonchev–Trinajstić information content (AvgIpc) is 2.52. The summed E-state index contributed by atoms with van der Waals surface area (Å²) < 4.78 is 5.52. The monoisotopic (exact) mass is 354 g/mol. The Morgan fingerprint density at radius 1 is 1.20 bits per heavy atom. The van der Waals surface area contributed by atoms with Crippen LogP contribution in [0.4, 0.5) is 0 Å². The fraction of sp³-hybridized carbons (Fsp3) is 0.850. The molecule has 1 fully saturated rings. The highest BCUT2D eigenvalue weighted by Gasteiger charge is 2.43. The van der Waals surface area contributed by atoms with Crippen LogP contribution in [0.25, 0.3) is 0 Å². The molecule has 1 aliphatic carbocycles. The van der Waals surface area contributed by atoms with Gasteiger partial charge < -0.3 is 20.1 Å². The standard InChI is InChI=1S/C20H34O5/c1-13-6-7-15-12-17(25-18(22)14(15)2)20(4,24)10-5-9-19(3,23)11-8-16(13)21/h6,14-17,21,23-24H,5,7-12H2,1-4H3/b13-6+/t14-,15+,16-,17+,19+,20+/m0/s1. The zero-order valence-corrected chi connectivity index (χ0v) is 16.0. The lowest BCUT2D eigenvalue weighted by atomic mass is 9.77. The zero-order chi connectivity index (χ0) is 18.8. The van der Waals surface area contributed by atoms with E-state index >= 15 is 0 Å². The van der Waals surface area contributed by atoms with Gasteiger partial charge in [0.05, 0.1) is 23.2 Å². The van der Waals surface area contributed by atoms with E-state index < -0.39 is 23.4 Å². The van der Waals surface area contributed by atoms with Gasteiger partial charge in [-0.1, -0.05) is 13.0 Å². The molecule has 1 saturated heterocycles. The maximum atomic E-state index is 12.2. The molecule has 1 aliphatic heterocycles. The zero-order valence-electron chi connectivity index (χ0n) is 16.0. The number of rotatable bonds is 0. The Hall–Kier alpha value is -0.910. The van der Waals surface area contributed by atoms with Crippen LogP contribution >= 0.6 is 0 Å². The van der Waals surface area contributed by atoms with Crippen molar-refractivity contribution in [2.45, 2.75) is 96.1 Å². The van der Waals surface area contributed by atoms with Gasteiger partial charge in [0, 0.05) is 0 Å². The number of esters is 1. The molecular weight excluding hydrogens is 320 g/mol. The Morgan fingerprint density at radius 2 is 1.88 bits per heavy atom. The lowest BCUT2D eigenvalue weighted by Crippen LogP contribution is -2.49. The molecule has 5 heteroatoms. The number of carbonyl (C=O) groups excluding carboxylic acids is 1. The summed E-state index contributed by atoms with van der Waals surface area (Å²) in [7, 11) is 0.